The van der Waals surface area contributed by atoms with Crippen molar-refractivity contribution in [2.75, 3.05) is 5.32 Å². The number of aromatic nitrogens is 2. The van der Waals surface area contributed by atoms with Gasteiger partial charge in [0.1, 0.15) is 0 Å². The normalized spacial score (nSPS) is 10.4. The van der Waals surface area contributed by atoms with E-state index in [1.165, 1.54) is 11.3 Å². The van der Waals surface area contributed by atoms with Crippen LogP contribution in [0.25, 0.3) is 10.2 Å². The number of carbonyl (C=O) groups is 1. The fraction of sp³-hybridized carbons (Fsp3) is 0.0714. The molecule has 100 valence electrons. The molecule has 2 heterocycles. The first-order valence-electron chi connectivity index (χ1n) is 6.10. The Morgan fingerprint density at radius 1 is 1.15 bits per heavy atom. The third-order valence-electron chi connectivity index (χ3n) is 2.72. The molecule has 0 bridgehead atoms. The molecule has 0 aliphatic rings. The number of rotatable bonds is 3. The number of urea groups is 1. The first kappa shape index (κ1) is 12.6. The number of pyridine rings is 1. The summed E-state index contributed by atoms with van der Waals surface area (Å²) in [5.41, 5.74) is 1.89. The number of carbonyl (C=O) groups excluding carboxylic acids is 1. The molecule has 2 N–H and O–H groups in total. The van der Waals surface area contributed by atoms with E-state index in [1.807, 2.05) is 36.4 Å². The van der Waals surface area contributed by atoms with Gasteiger partial charge in [-0.05, 0) is 29.8 Å². The SMILES string of the molecule is O=C(NCc1ccncc1)Nc1nc2ccccc2s1. The van der Waals surface area contributed by atoms with E-state index >= 15 is 0 Å². The Kier molecular flexibility index (Phi) is 3.56. The van der Waals surface area contributed by atoms with Crippen LogP contribution in [0.15, 0.2) is 48.8 Å². The predicted molar refractivity (Wildman–Crippen MR) is 79.7 cm³/mol. The first-order chi connectivity index (χ1) is 9.81. The highest BCUT2D eigenvalue weighted by molar-refractivity contribution is 7.22. The van der Waals surface area contributed by atoms with Gasteiger partial charge < -0.3 is 5.32 Å². The quantitative estimate of drug-likeness (QED) is 0.777. The van der Waals surface area contributed by atoms with Gasteiger partial charge in [0.25, 0.3) is 0 Å². The fourth-order valence-electron chi connectivity index (χ4n) is 1.75. The maximum atomic E-state index is 11.8. The van der Waals surface area contributed by atoms with Crippen LogP contribution in [-0.4, -0.2) is 16.0 Å². The molecule has 0 spiro atoms. The number of benzene rings is 1. The molecule has 0 saturated carbocycles. The van der Waals surface area contributed by atoms with Crippen LogP contribution in [0.2, 0.25) is 0 Å². The third kappa shape index (κ3) is 2.92. The Hall–Kier alpha value is -2.47. The van der Waals surface area contributed by atoms with Gasteiger partial charge in [-0.25, -0.2) is 9.78 Å². The minimum absolute atomic E-state index is 0.263. The number of hydrogen-bond donors (Lipinski definition) is 2. The van der Waals surface area contributed by atoms with Crippen LogP contribution in [0.3, 0.4) is 0 Å². The number of amides is 2. The maximum Gasteiger partial charge on any atom is 0.321 e. The zero-order valence-corrected chi connectivity index (χ0v) is 11.4. The topological polar surface area (TPSA) is 66.9 Å². The molecule has 3 aromatic rings. The molecular formula is C14H12N4OS. The third-order valence-corrected chi connectivity index (χ3v) is 3.67. The van der Waals surface area contributed by atoms with Crippen LogP contribution in [-0.2, 0) is 6.54 Å². The number of fused-ring (bicyclic) bond motifs is 1. The highest BCUT2D eigenvalue weighted by Crippen LogP contribution is 2.25. The molecule has 0 unspecified atom stereocenters. The van der Waals surface area contributed by atoms with Crippen molar-refractivity contribution in [1.29, 1.82) is 0 Å². The highest BCUT2D eigenvalue weighted by atomic mass is 32.1. The van der Waals surface area contributed by atoms with E-state index in [0.29, 0.717) is 11.7 Å². The summed E-state index contributed by atoms with van der Waals surface area (Å²) in [5.74, 6) is 0. The molecule has 6 heteroatoms. The fourth-order valence-corrected chi connectivity index (χ4v) is 2.61. The van der Waals surface area contributed by atoms with Gasteiger partial charge in [-0.15, -0.1) is 0 Å². The van der Waals surface area contributed by atoms with Crippen LogP contribution in [0.5, 0.6) is 0 Å². The maximum absolute atomic E-state index is 11.8. The van der Waals surface area contributed by atoms with Gasteiger partial charge in [0.15, 0.2) is 5.13 Å². The van der Waals surface area contributed by atoms with E-state index in [1.54, 1.807) is 12.4 Å². The van der Waals surface area contributed by atoms with Crippen molar-refractivity contribution in [2.45, 2.75) is 6.54 Å². The minimum Gasteiger partial charge on any atom is -0.334 e. The van der Waals surface area contributed by atoms with E-state index in [4.69, 9.17) is 0 Å². The van der Waals surface area contributed by atoms with Gasteiger partial charge in [-0.3, -0.25) is 10.3 Å². The molecule has 0 radical (unpaired) electrons. The van der Waals surface area contributed by atoms with Crippen LogP contribution in [0, 0.1) is 0 Å². The minimum atomic E-state index is -0.263. The molecule has 0 saturated heterocycles. The second-order valence-electron chi connectivity index (χ2n) is 4.15. The van der Waals surface area contributed by atoms with Gasteiger partial charge >= 0.3 is 6.03 Å². The van der Waals surface area contributed by atoms with E-state index in [9.17, 15) is 4.79 Å². The van der Waals surface area contributed by atoms with Gasteiger partial charge in [-0.2, -0.15) is 0 Å². The summed E-state index contributed by atoms with van der Waals surface area (Å²) < 4.78 is 1.05. The van der Waals surface area contributed by atoms with Gasteiger partial charge in [-0.1, -0.05) is 23.5 Å². The average Bonchev–Trinajstić information content (AvgIpc) is 2.88. The summed E-state index contributed by atoms with van der Waals surface area (Å²) in [6, 6.07) is 11.2. The molecule has 3 rings (SSSR count). The van der Waals surface area contributed by atoms with Crippen LogP contribution < -0.4 is 10.6 Å². The molecule has 2 aromatic heterocycles. The van der Waals surface area contributed by atoms with E-state index in [-0.39, 0.29) is 6.03 Å². The van der Waals surface area contributed by atoms with Crippen molar-refractivity contribution < 1.29 is 4.79 Å². The molecule has 5 nitrogen and oxygen atoms in total. The molecule has 0 aliphatic carbocycles. The van der Waals surface area contributed by atoms with Gasteiger partial charge in [0.05, 0.1) is 10.2 Å². The zero-order chi connectivity index (χ0) is 13.8. The molecule has 0 aliphatic heterocycles. The molecule has 0 atom stereocenters. The van der Waals surface area contributed by atoms with Crippen molar-refractivity contribution in [3.8, 4) is 0 Å². The second kappa shape index (κ2) is 5.66. The van der Waals surface area contributed by atoms with Gasteiger partial charge in [0.2, 0.25) is 0 Å². The Morgan fingerprint density at radius 2 is 1.95 bits per heavy atom. The summed E-state index contributed by atoms with van der Waals surface area (Å²) in [6.45, 7) is 0.458. The van der Waals surface area contributed by atoms with E-state index in [2.05, 4.69) is 20.6 Å². The summed E-state index contributed by atoms with van der Waals surface area (Å²) in [5, 5.41) is 6.12. The highest BCUT2D eigenvalue weighted by Gasteiger charge is 2.06. The molecular weight excluding hydrogens is 272 g/mol. The van der Waals surface area contributed by atoms with Crippen LogP contribution >= 0.6 is 11.3 Å². The van der Waals surface area contributed by atoms with Crippen LogP contribution in [0.4, 0.5) is 9.93 Å². The first-order valence-corrected chi connectivity index (χ1v) is 6.92. The lowest BCUT2D eigenvalue weighted by atomic mass is 10.3. The monoisotopic (exact) mass is 284 g/mol. The number of para-hydroxylation sites is 1. The number of hydrogen-bond acceptors (Lipinski definition) is 4. The Morgan fingerprint density at radius 3 is 2.75 bits per heavy atom. The summed E-state index contributed by atoms with van der Waals surface area (Å²) >= 11 is 1.45. The van der Waals surface area contributed by atoms with Crippen molar-refractivity contribution >= 4 is 32.7 Å². The zero-order valence-electron chi connectivity index (χ0n) is 10.5. The van der Waals surface area contributed by atoms with Gasteiger partial charge in [0, 0.05) is 18.9 Å². The number of nitrogens with one attached hydrogen (secondary N) is 2. The Labute approximate surface area is 119 Å². The average molecular weight is 284 g/mol. The number of anilines is 1. The van der Waals surface area contributed by atoms with E-state index in [0.717, 1.165) is 15.8 Å². The van der Waals surface area contributed by atoms with Crippen LogP contribution in [0.1, 0.15) is 5.56 Å². The standard InChI is InChI=1S/C14H12N4OS/c19-13(16-9-10-5-7-15-8-6-10)18-14-17-11-3-1-2-4-12(11)20-14/h1-8H,9H2,(H2,16,17,18,19). The summed E-state index contributed by atoms with van der Waals surface area (Å²) in [6.07, 6.45) is 3.39. The van der Waals surface area contributed by atoms with E-state index < -0.39 is 0 Å². The predicted octanol–water partition coefficient (Wildman–Crippen LogP) is 3.01. The molecule has 2 amide bonds. The molecule has 1 aromatic carbocycles. The van der Waals surface area contributed by atoms with Crippen molar-refractivity contribution in [3.05, 3.63) is 54.4 Å². The lowest BCUT2D eigenvalue weighted by Gasteiger charge is -2.04. The lowest BCUT2D eigenvalue weighted by molar-refractivity contribution is 0.251. The largest absolute Gasteiger partial charge is 0.334 e. The number of nitrogens with zero attached hydrogens (tertiary/aromatic N) is 2. The van der Waals surface area contributed by atoms with Crippen molar-refractivity contribution in [1.82, 2.24) is 15.3 Å². The van der Waals surface area contributed by atoms with Crippen molar-refractivity contribution in [2.24, 2.45) is 0 Å². The summed E-state index contributed by atoms with van der Waals surface area (Å²) in [4.78, 5) is 20.1. The molecule has 20 heavy (non-hydrogen) atoms. The summed E-state index contributed by atoms with van der Waals surface area (Å²) in [7, 11) is 0. The number of thiazole rings is 1. The Balaban J connectivity index is 1.61. The smallest absolute Gasteiger partial charge is 0.321 e. The van der Waals surface area contributed by atoms with Crippen molar-refractivity contribution in [3.63, 3.8) is 0 Å². The lowest BCUT2D eigenvalue weighted by Crippen LogP contribution is -2.28. The molecule has 0 fully saturated rings. The Bertz CT molecular complexity index is 693. The second-order valence-corrected chi connectivity index (χ2v) is 5.18.